The van der Waals surface area contributed by atoms with E-state index >= 15 is 0 Å². The maximum absolute atomic E-state index is 12.5. The molecule has 1 heterocycles. The summed E-state index contributed by atoms with van der Waals surface area (Å²) >= 11 is 0. The van der Waals surface area contributed by atoms with Crippen molar-refractivity contribution in [2.45, 2.75) is 13.8 Å². The number of rotatable bonds is 5. The summed E-state index contributed by atoms with van der Waals surface area (Å²) in [5.74, 6) is -0.595. The largest absolute Gasteiger partial charge is 0.507 e. The van der Waals surface area contributed by atoms with Crippen LogP contribution in [0.1, 0.15) is 27.3 Å². The Bertz CT molecular complexity index is 1070. The molecule has 0 spiro atoms. The zero-order valence-electron chi connectivity index (χ0n) is 15.3. The van der Waals surface area contributed by atoms with Crippen LogP contribution < -0.4 is 5.43 Å². The number of carbonyl (C=O) groups is 1. The van der Waals surface area contributed by atoms with Gasteiger partial charge in [0.25, 0.3) is 11.6 Å². The number of para-hydroxylation sites is 1. The molecule has 1 aromatic heterocycles. The number of phenolic OH excluding ortho intramolecular Hbond substituents is 1. The molecule has 0 saturated heterocycles. The van der Waals surface area contributed by atoms with Crippen LogP contribution in [0.3, 0.4) is 0 Å². The maximum atomic E-state index is 12.5. The molecule has 0 fully saturated rings. The molecule has 8 heteroatoms. The molecule has 0 radical (unpaired) electrons. The third-order valence-corrected chi connectivity index (χ3v) is 4.28. The quantitative estimate of drug-likeness (QED) is 0.402. The van der Waals surface area contributed by atoms with Crippen molar-refractivity contribution in [1.82, 2.24) is 9.99 Å². The molecule has 0 aliphatic carbocycles. The second-order valence-electron chi connectivity index (χ2n) is 6.16. The number of aromatic nitrogens is 1. The van der Waals surface area contributed by atoms with Crippen molar-refractivity contribution < 1.29 is 14.8 Å². The number of nitrogens with zero attached hydrogens (tertiary/aromatic N) is 3. The smallest absolute Gasteiger partial charge is 0.273 e. The second kappa shape index (κ2) is 7.75. The number of nitrogens with one attached hydrogen (secondary N) is 1. The number of phenols is 1. The Kier molecular flexibility index (Phi) is 5.21. The summed E-state index contributed by atoms with van der Waals surface area (Å²) in [6, 6.07) is 15.0. The Labute approximate surface area is 160 Å². The van der Waals surface area contributed by atoms with Crippen LogP contribution in [0.15, 0.2) is 59.7 Å². The highest BCUT2D eigenvalue weighted by atomic mass is 16.6. The van der Waals surface area contributed by atoms with Crippen molar-refractivity contribution in [2.24, 2.45) is 5.10 Å². The van der Waals surface area contributed by atoms with Gasteiger partial charge >= 0.3 is 0 Å². The first-order valence-electron chi connectivity index (χ1n) is 8.43. The molecule has 28 heavy (non-hydrogen) atoms. The van der Waals surface area contributed by atoms with Crippen LogP contribution in [0.4, 0.5) is 5.69 Å². The van der Waals surface area contributed by atoms with E-state index in [4.69, 9.17) is 0 Å². The van der Waals surface area contributed by atoms with E-state index in [1.807, 2.05) is 48.7 Å². The molecule has 2 aromatic carbocycles. The number of nitro benzene ring substituents is 1. The van der Waals surface area contributed by atoms with Crippen molar-refractivity contribution in [2.75, 3.05) is 0 Å². The summed E-state index contributed by atoms with van der Waals surface area (Å²) in [6.07, 6.45) is 1.16. The highest BCUT2D eigenvalue weighted by Gasteiger charge is 2.16. The molecule has 0 aliphatic rings. The lowest BCUT2D eigenvalue weighted by Crippen LogP contribution is -2.18. The fraction of sp³-hybridized carbons (Fsp3) is 0.100. The summed E-state index contributed by atoms with van der Waals surface area (Å²) in [5.41, 5.74) is 5.40. The van der Waals surface area contributed by atoms with Crippen LogP contribution >= 0.6 is 0 Å². The van der Waals surface area contributed by atoms with Gasteiger partial charge in [0.2, 0.25) is 0 Å². The molecule has 3 aromatic rings. The molecule has 0 unspecified atom stereocenters. The minimum absolute atomic E-state index is 0.129. The minimum Gasteiger partial charge on any atom is -0.507 e. The Morgan fingerprint density at radius 3 is 2.57 bits per heavy atom. The zero-order valence-corrected chi connectivity index (χ0v) is 15.3. The van der Waals surface area contributed by atoms with Crippen molar-refractivity contribution in [1.29, 1.82) is 0 Å². The first kappa shape index (κ1) is 18.8. The molecular weight excluding hydrogens is 360 g/mol. The molecule has 0 bridgehead atoms. The van der Waals surface area contributed by atoms with Crippen molar-refractivity contribution >= 4 is 17.8 Å². The van der Waals surface area contributed by atoms with Gasteiger partial charge in [0.05, 0.1) is 16.7 Å². The minimum atomic E-state index is -0.576. The van der Waals surface area contributed by atoms with Gasteiger partial charge < -0.3 is 9.67 Å². The molecule has 8 nitrogen and oxygen atoms in total. The zero-order chi connectivity index (χ0) is 20.3. The number of hydrazone groups is 1. The number of carbonyl (C=O) groups excluding carboxylic acids is 1. The van der Waals surface area contributed by atoms with E-state index in [0.717, 1.165) is 23.3 Å². The van der Waals surface area contributed by atoms with Gasteiger partial charge in [-0.15, -0.1) is 0 Å². The number of hydrogen-bond acceptors (Lipinski definition) is 5. The SMILES string of the molecule is Cc1cc(C(=O)N/N=C\c2cc([N+](=O)[O-])ccc2O)c(C)n1-c1ccccc1. The third-order valence-electron chi connectivity index (χ3n) is 4.28. The number of hydrogen-bond donors (Lipinski definition) is 2. The predicted molar refractivity (Wildman–Crippen MR) is 105 cm³/mol. The molecular formula is C20H18N4O4. The number of non-ortho nitro benzene ring substituents is 1. The lowest BCUT2D eigenvalue weighted by atomic mass is 10.2. The Balaban J connectivity index is 1.80. The summed E-state index contributed by atoms with van der Waals surface area (Å²) in [4.78, 5) is 22.8. The maximum Gasteiger partial charge on any atom is 0.273 e. The van der Waals surface area contributed by atoms with E-state index in [0.29, 0.717) is 5.56 Å². The second-order valence-corrected chi connectivity index (χ2v) is 6.16. The molecule has 3 rings (SSSR count). The van der Waals surface area contributed by atoms with Gasteiger partial charge in [-0.2, -0.15) is 5.10 Å². The van der Waals surface area contributed by atoms with Crippen LogP contribution in [0.2, 0.25) is 0 Å². The lowest BCUT2D eigenvalue weighted by Gasteiger charge is -2.09. The predicted octanol–water partition coefficient (Wildman–Crippen LogP) is 3.47. The Hall–Kier alpha value is -3.94. The van der Waals surface area contributed by atoms with Gasteiger partial charge in [0, 0.05) is 34.8 Å². The molecule has 1 amide bonds. The normalized spacial score (nSPS) is 10.9. The number of aryl methyl sites for hydroxylation is 1. The monoisotopic (exact) mass is 378 g/mol. The number of benzene rings is 2. The average molecular weight is 378 g/mol. The van der Waals surface area contributed by atoms with E-state index in [1.165, 1.54) is 18.2 Å². The highest BCUT2D eigenvalue weighted by molar-refractivity contribution is 5.96. The first-order valence-corrected chi connectivity index (χ1v) is 8.43. The summed E-state index contributed by atoms with van der Waals surface area (Å²) in [6.45, 7) is 3.74. The van der Waals surface area contributed by atoms with Gasteiger partial charge in [-0.25, -0.2) is 5.43 Å². The van der Waals surface area contributed by atoms with Crippen LogP contribution in [0.25, 0.3) is 5.69 Å². The summed E-state index contributed by atoms with van der Waals surface area (Å²) < 4.78 is 1.96. The molecule has 0 saturated carbocycles. The number of nitro groups is 1. The van der Waals surface area contributed by atoms with Gasteiger partial charge in [0.1, 0.15) is 5.75 Å². The number of amides is 1. The van der Waals surface area contributed by atoms with Crippen LogP contribution in [0.5, 0.6) is 5.75 Å². The third kappa shape index (κ3) is 3.75. The van der Waals surface area contributed by atoms with Gasteiger partial charge in [0.15, 0.2) is 0 Å². The first-order chi connectivity index (χ1) is 13.4. The van der Waals surface area contributed by atoms with E-state index < -0.39 is 10.8 Å². The van der Waals surface area contributed by atoms with Crippen LogP contribution in [0, 0.1) is 24.0 Å². The summed E-state index contributed by atoms with van der Waals surface area (Å²) in [5, 5.41) is 24.4. The van der Waals surface area contributed by atoms with E-state index in [2.05, 4.69) is 10.5 Å². The van der Waals surface area contributed by atoms with Gasteiger partial charge in [-0.05, 0) is 38.1 Å². The summed E-state index contributed by atoms with van der Waals surface area (Å²) in [7, 11) is 0. The van der Waals surface area contributed by atoms with Gasteiger partial charge in [-0.1, -0.05) is 18.2 Å². The Morgan fingerprint density at radius 1 is 1.18 bits per heavy atom. The Morgan fingerprint density at radius 2 is 1.89 bits per heavy atom. The van der Waals surface area contributed by atoms with E-state index in [-0.39, 0.29) is 17.0 Å². The standard InChI is InChI=1S/C20H18N4O4/c1-13-10-18(14(2)23(13)16-6-4-3-5-7-16)20(26)22-21-12-15-11-17(24(27)28)8-9-19(15)25/h3-12,25H,1-2H3,(H,22,26)/b21-12-. The van der Waals surface area contributed by atoms with Crippen molar-refractivity contribution in [3.63, 3.8) is 0 Å². The van der Waals surface area contributed by atoms with E-state index in [1.54, 1.807) is 6.07 Å². The fourth-order valence-electron chi connectivity index (χ4n) is 2.95. The molecule has 2 N–H and O–H groups in total. The van der Waals surface area contributed by atoms with E-state index in [9.17, 15) is 20.0 Å². The highest BCUT2D eigenvalue weighted by Crippen LogP contribution is 2.22. The topological polar surface area (TPSA) is 110 Å². The van der Waals surface area contributed by atoms with Crippen molar-refractivity contribution in [3.05, 3.63) is 87.2 Å². The van der Waals surface area contributed by atoms with Crippen LogP contribution in [-0.4, -0.2) is 26.7 Å². The van der Waals surface area contributed by atoms with Gasteiger partial charge in [-0.3, -0.25) is 14.9 Å². The number of aromatic hydroxyl groups is 1. The molecule has 0 atom stereocenters. The average Bonchev–Trinajstić information content (AvgIpc) is 2.98. The molecule has 0 aliphatic heterocycles. The van der Waals surface area contributed by atoms with Crippen molar-refractivity contribution in [3.8, 4) is 11.4 Å². The van der Waals surface area contributed by atoms with Crippen LogP contribution in [-0.2, 0) is 0 Å². The molecule has 142 valence electrons. The lowest BCUT2D eigenvalue weighted by molar-refractivity contribution is -0.384. The fourth-order valence-corrected chi connectivity index (χ4v) is 2.95.